The molecule has 0 aliphatic heterocycles. The Labute approximate surface area is 175 Å². The molecule has 0 radical (unpaired) electrons. The Kier molecular flexibility index (Phi) is 7.26. The smallest absolute Gasteiger partial charge is 0.227 e. The van der Waals surface area contributed by atoms with Crippen LogP contribution in [0.1, 0.15) is 6.92 Å². The van der Waals surface area contributed by atoms with Crippen LogP contribution in [0.4, 0.5) is 87.8 Å². The quantitative estimate of drug-likeness (QED) is 0.144. The topological polar surface area (TPSA) is 0 Å². The molecule has 1 atom stereocenters. The van der Waals surface area contributed by atoms with Gasteiger partial charge in [-0.2, -0.15) is 83.4 Å². The summed E-state index contributed by atoms with van der Waals surface area (Å²) in [4.78, 5) is 0. The van der Waals surface area contributed by atoms with Crippen LogP contribution in [0.2, 0.25) is 0 Å². The van der Waals surface area contributed by atoms with Crippen LogP contribution in [-0.2, 0) is 0 Å². The third-order valence-electron chi connectivity index (χ3n) is 3.84. The van der Waals surface area contributed by atoms with E-state index < -0.39 is 86.7 Å². The van der Waals surface area contributed by atoms with Crippen molar-refractivity contribution in [1.29, 1.82) is 0 Å². The normalized spacial score (nSPS) is 18.6. The van der Waals surface area contributed by atoms with Gasteiger partial charge in [0.05, 0.1) is 0 Å². The van der Waals surface area contributed by atoms with Crippen molar-refractivity contribution in [3.05, 3.63) is 0 Å². The lowest BCUT2D eigenvalue weighted by molar-refractivity contribution is -0.460. The van der Waals surface area contributed by atoms with E-state index in [9.17, 15) is 87.8 Å². The van der Waals surface area contributed by atoms with Crippen LogP contribution in [0.5, 0.6) is 0 Å². The molecule has 1 unspecified atom stereocenters. The Morgan fingerprint density at radius 3 is 0.719 bits per heavy atom. The monoisotopic (exact) mass is 642 g/mol. The molecular weight excluding hydrogens is 639 g/mol. The number of rotatable bonds is 8. The van der Waals surface area contributed by atoms with Crippen LogP contribution in [0, 0.1) is 0 Å². The molecule has 0 aromatic rings. The van der Waals surface area contributed by atoms with Gasteiger partial charge in [0, 0.05) is 22.6 Å². The first-order valence-electron chi connectivity index (χ1n) is 6.72. The highest BCUT2D eigenvalue weighted by Crippen LogP contribution is 2.66. The molecule has 0 spiro atoms. The summed E-state index contributed by atoms with van der Waals surface area (Å²) in [6.07, 6.45) is -7.31. The molecule has 0 bridgehead atoms. The van der Waals surface area contributed by atoms with Gasteiger partial charge in [-0.25, -0.2) is 4.39 Å². The van der Waals surface area contributed by atoms with Crippen LogP contribution >= 0.6 is 22.6 Å². The SMILES string of the molecule is CC(F)(C(F)(F)F)C(F)(F)C(F)(F)C(F)(F)C(F)(F)C(F)(F)C(F)(F)C(F)(F)C(F)(F)I. The summed E-state index contributed by atoms with van der Waals surface area (Å²) in [5.41, 5.74) is -6.93. The zero-order chi connectivity index (χ0) is 27.0. The standard InChI is InChI=1S/C11H3F20I/c1-2(12,10(27,28)29)3(13,14)4(15,16)5(17,18)6(19,20)7(21,22)8(23,24)9(25,26)11(30,31)32/h1H3. The van der Waals surface area contributed by atoms with Gasteiger partial charge in [0.25, 0.3) is 5.67 Å². The third kappa shape index (κ3) is 3.65. The van der Waals surface area contributed by atoms with Gasteiger partial charge in [0.15, 0.2) is 0 Å². The second-order valence-corrected chi connectivity index (χ2v) is 7.37. The fourth-order valence-electron chi connectivity index (χ4n) is 1.64. The predicted molar refractivity (Wildman–Crippen MR) is 69.2 cm³/mol. The summed E-state index contributed by atoms with van der Waals surface area (Å²) in [5.74, 6) is -59.6. The van der Waals surface area contributed by atoms with Gasteiger partial charge in [-0.1, -0.05) is 0 Å². The Morgan fingerprint density at radius 2 is 0.531 bits per heavy atom. The highest BCUT2D eigenvalue weighted by molar-refractivity contribution is 14.1. The maximum Gasteiger partial charge on any atom is 0.428 e. The number of alkyl halides is 21. The lowest BCUT2D eigenvalue weighted by atomic mass is 9.84. The molecule has 0 aromatic carbocycles. The van der Waals surface area contributed by atoms with Crippen molar-refractivity contribution in [2.75, 3.05) is 0 Å². The fraction of sp³-hybridized carbons (Fsp3) is 1.00. The number of hydrogen-bond donors (Lipinski definition) is 0. The summed E-state index contributed by atoms with van der Waals surface area (Å²) in [7, 11) is 0. The molecule has 0 saturated carbocycles. The van der Waals surface area contributed by atoms with E-state index in [1.165, 1.54) is 0 Å². The minimum absolute atomic E-state index is 1.09. The highest BCUT2D eigenvalue weighted by atomic mass is 127. The van der Waals surface area contributed by atoms with Gasteiger partial charge in [-0.3, -0.25) is 0 Å². The van der Waals surface area contributed by atoms with Gasteiger partial charge in [-0.15, -0.1) is 0 Å². The first kappa shape index (κ1) is 31.3. The molecule has 0 amide bonds. The van der Waals surface area contributed by atoms with Crippen molar-refractivity contribution in [3.63, 3.8) is 0 Å². The lowest BCUT2D eigenvalue weighted by Gasteiger charge is -2.45. The summed E-state index contributed by atoms with van der Waals surface area (Å²) < 4.78 is 253. The van der Waals surface area contributed by atoms with Crippen LogP contribution in [0.3, 0.4) is 0 Å². The summed E-state index contributed by atoms with van der Waals surface area (Å²) >= 11 is -1.09. The lowest BCUT2D eigenvalue weighted by Crippen LogP contribution is -2.76. The minimum atomic E-state index is -8.91. The van der Waals surface area contributed by atoms with Crippen molar-refractivity contribution in [3.8, 4) is 0 Å². The molecule has 0 N–H and O–H groups in total. The van der Waals surface area contributed by atoms with Gasteiger partial charge >= 0.3 is 51.6 Å². The Bertz CT molecular complexity index is 633. The highest BCUT2D eigenvalue weighted by Gasteiger charge is 2.96. The Morgan fingerprint density at radius 1 is 0.344 bits per heavy atom. The van der Waals surface area contributed by atoms with E-state index >= 15 is 0 Å². The van der Waals surface area contributed by atoms with Gasteiger partial charge in [0.2, 0.25) is 0 Å². The maximum absolute atomic E-state index is 13.3. The largest absolute Gasteiger partial charge is 0.428 e. The first-order valence-corrected chi connectivity index (χ1v) is 7.80. The van der Waals surface area contributed by atoms with E-state index in [4.69, 9.17) is 0 Å². The van der Waals surface area contributed by atoms with Crippen molar-refractivity contribution in [2.24, 2.45) is 0 Å². The molecule has 0 heterocycles. The molecule has 21 heteroatoms. The summed E-state index contributed by atoms with van der Waals surface area (Å²) in [6, 6.07) is 0. The number of hydrogen-bond acceptors (Lipinski definition) is 0. The van der Waals surface area contributed by atoms with Crippen molar-refractivity contribution in [1.82, 2.24) is 0 Å². The van der Waals surface area contributed by atoms with E-state index in [1.807, 2.05) is 0 Å². The summed E-state index contributed by atoms with van der Waals surface area (Å²) in [5, 5.41) is 0. The summed E-state index contributed by atoms with van der Waals surface area (Å²) in [6.45, 7) is -1.66. The van der Waals surface area contributed by atoms with Gasteiger partial charge in [0.1, 0.15) is 0 Å². The average Bonchev–Trinajstić information content (AvgIpc) is 2.51. The molecule has 0 aromatic heterocycles. The van der Waals surface area contributed by atoms with E-state index in [-0.39, 0.29) is 0 Å². The van der Waals surface area contributed by atoms with Crippen LogP contribution in [0.25, 0.3) is 0 Å². The van der Waals surface area contributed by atoms with Crippen LogP contribution in [0.15, 0.2) is 0 Å². The van der Waals surface area contributed by atoms with E-state index in [1.54, 1.807) is 0 Å². The second kappa shape index (κ2) is 7.41. The first-order chi connectivity index (χ1) is 13.2. The van der Waals surface area contributed by atoms with Gasteiger partial charge < -0.3 is 0 Å². The maximum atomic E-state index is 13.3. The molecule has 0 nitrogen and oxygen atoms in total. The van der Waals surface area contributed by atoms with Gasteiger partial charge in [-0.05, 0) is 6.92 Å². The molecule has 0 fully saturated rings. The number of halogens is 21. The molecule has 0 aliphatic carbocycles. The van der Waals surface area contributed by atoms with E-state index in [0.29, 0.717) is 0 Å². The Balaban J connectivity index is 7.00. The third-order valence-corrected chi connectivity index (χ3v) is 4.52. The molecule has 0 rings (SSSR count). The van der Waals surface area contributed by atoms with Crippen LogP contribution < -0.4 is 0 Å². The zero-order valence-electron chi connectivity index (χ0n) is 13.9. The van der Waals surface area contributed by atoms with Crippen LogP contribution in [-0.4, -0.2) is 57.2 Å². The molecule has 32 heavy (non-hydrogen) atoms. The molecule has 194 valence electrons. The van der Waals surface area contributed by atoms with Crippen molar-refractivity contribution >= 4 is 22.6 Å². The van der Waals surface area contributed by atoms with E-state index in [2.05, 4.69) is 0 Å². The average molecular weight is 642 g/mol. The Hall–Kier alpha value is -0.670. The fourth-order valence-corrected chi connectivity index (χ4v) is 1.98. The predicted octanol–water partition coefficient (Wildman–Crippen LogP) is 7.75. The molecular formula is C11H3F20I. The van der Waals surface area contributed by atoms with Crippen molar-refractivity contribution < 1.29 is 87.8 Å². The molecule has 0 saturated heterocycles. The second-order valence-electron chi connectivity index (χ2n) is 6.02. The molecule has 0 aliphatic rings. The van der Waals surface area contributed by atoms with E-state index in [0.717, 1.165) is 0 Å². The minimum Gasteiger partial charge on any atom is -0.227 e. The zero-order valence-corrected chi connectivity index (χ0v) is 16.1. The van der Waals surface area contributed by atoms with Crippen molar-refractivity contribution in [2.45, 2.75) is 64.2 Å².